The number of hydrogen-bond donors (Lipinski definition) is 1. The van der Waals surface area contributed by atoms with Crippen molar-refractivity contribution in [3.63, 3.8) is 0 Å². The van der Waals surface area contributed by atoms with Crippen LogP contribution in [0.25, 0.3) is 0 Å². The largest absolute Gasteiger partial charge is 0.470 e. The SMILES string of the molecule is CC.CN(C)CCN(C)C.[B]C(=O)OCc1cc(COC)ccc1NC=O.[B]C(=O)OCc1cc(COC)ccc1OC=O.[B]C=O. The van der Waals surface area contributed by atoms with E-state index in [1.807, 2.05) is 19.9 Å². The second-order valence-electron chi connectivity index (χ2n) is 9.23. The molecule has 6 radical (unpaired) electrons. The molecule has 1 amide bonds. The van der Waals surface area contributed by atoms with Crippen molar-refractivity contribution >= 4 is 60.0 Å². The van der Waals surface area contributed by atoms with Crippen LogP contribution in [0.2, 0.25) is 0 Å². The lowest BCUT2D eigenvalue weighted by Gasteiger charge is -2.13. The van der Waals surface area contributed by atoms with Crippen LogP contribution in [0.4, 0.5) is 15.3 Å². The molecule has 0 saturated carbocycles. The first-order valence-corrected chi connectivity index (χ1v) is 14.2. The van der Waals surface area contributed by atoms with Gasteiger partial charge in [-0.25, -0.2) is 0 Å². The molecular weight excluding hydrogens is 607 g/mol. The monoisotopic (exact) mass is 653 g/mol. The second-order valence-corrected chi connectivity index (χ2v) is 9.23. The third kappa shape index (κ3) is 28.0. The Hall–Kier alpha value is -3.98. The van der Waals surface area contributed by atoms with E-state index in [1.165, 1.54) is 0 Å². The summed E-state index contributed by atoms with van der Waals surface area (Å²) in [5.41, 5.74) is 3.55. The molecule has 0 aromatic heterocycles. The van der Waals surface area contributed by atoms with Gasteiger partial charge in [0.05, 0.1) is 19.4 Å². The molecule has 2 aromatic rings. The molecule has 0 spiro atoms. The maximum absolute atomic E-state index is 10.5. The van der Waals surface area contributed by atoms with Crippen LogP contribution in [0.15, 0.2) is 36.4 Å². The van der Waals surface area contributed by atoms with Crippen LogP contribution in [-0.4, -0.2) is 120 Å². The van der Waals surface area contributed by atoms with Crippen molar-refractivity contribution in [3.8, 4) is 5.75 Å². The van der Waals surface area contributed by atoms with E-state index < -0.39 is 11.7 Å². The molecule has 0 bridgehead atoms. The number of nitrogens with one attached hydrogen (secondary N) is 1. The predicted molar refractivity (Wildman–Crippen MR) is 184 cm³/mol. The number of ether oxygens (including phenoxy) is 5. The summed E-state index contributed by atoms with van der Waals surface area (Å²) in [5, 5.41) is 2.52. The molecule has 47 heavy (non-hydrogen) atoms. The number of anilines is 1. The van der Waals surface area contributed by atoms with E-state index >= 15 is 0 Å². The molecule has 0 heterocycles. The van der Waals surface area contributed by atoms with E-state index in [1.54, 1.807) is 44.6 Å². The van der Waals surface area contributed by atoms with Gasteiger partial charge in [0.1, 0.15) is 19.0 Å². The molecule has 2 aromatic carbocycles. The van der Waals surface area contributed by atoms with Gasteiger partial charge >= 0.3 is 0 Å². The molecule has 13 nitrogen and oxygen atoms in total. The Bertz CT molecular complexity index is 1070. The summed E-state index contributed by atoms with van der Waals surface area (Å²) >= 11 is 0. The van der Waals surface area contributed by atoms with Gasteiger partial charge in [0, 0.05) is 44.1 Å². The van der Waals surface area contributed by atoms with Crippen molar-refractivity contribution < 1.29 is 47.7 Å². The highest BCUT2D eigenvalue weighted by atomic mass is 16.5. The molecule has 0 unspecified atom stereocenters. The highest BCUT2D eigenvalue weighted by molar-refractivity contribution is 6.55. The Balaban J connectivity index is -0.000000607. The van der Waals surface area contributed by atoms with E-state index in [0.717, 1.165) is 24.2 Å². The minimum Gasteiger partial charge on any atom is -0.470 e. The summed E-state index contributed by atoms with van der Waals surface area (Å²) in [6, 6.07) is 10.4. The smallest absolute Gasteiger partial charge is 0.298 e. The van der Waals surface area contributed by atoms with E-state index in [0.29, 0.717) is 48.7 Å². The van der Waals surface area contributed by atoms with Crippen molar-refractivity contribution in [2.24, 2.45) is 0 Å². The van der Waals surface area contributed by atoms with Crippen LogP contribution in [0.3, 0.4) is 0 Å². The minimum atomic E-state index is -0.890. The van der Waals surface area contributed by atoms with Gasteiger partial charge in [-0.3, -0.25) is 19.2 Å². The average molecular weight is 653 g/mol. The highest BCUT2D eigenvalue weighted by Gasteiger charge is 2.08. The molecule has 0 aliphatic heterocycles. The van der Waals surface area contributed by atoms with Gasteiger partial charge in [-0.1, -0.05) is 26.0 Å². The van der Waals surface area contributed by atoms with Crippen molar-refractivity contribution in [1.29, 1.82) is 0 Å². The molecule has 0 aliphatic carbocycles. The Labute approximate surface area is 282 Å². The summed E-state index contributed by atoms with van der Waals surface area (Å²) in [4.78, 5) is 54.7. The van der Waals surface area contributed by atoms with E-state index in [-0.39, 0.29) is 19.4 Å². The summed E-state index contributed by atoms with van der Waals surface area (Å²) in [5.74, 6) is -1.43. The topological polar surface area (TPSA) is 150 Å². The van der Waals surface area contributed by atoms with E-state index in [9.17, 15) is 19.2 Å². The number of hydrogen-bond acceptors (Lipinski definition) is 12. The highest BCUT2D eigenvalue weighted by Crippen LogP contribution is 2.21. The number of amides is 1. The first-order chi connectivity index (χ1) is 22.4. The lowest BCUT2D eigenvalue weighted by atomic mass is 10.1. The van der Waals surface area contributed by atoms with Crippen molar-refractivity contribution in [1.82, 2.24) is 9.80 Å². The number of carbonyl (C=O) groups is 5. The van der Waals surface area contributed by atoms with Gasteiger partial charge in [0.15, 0.2) is 7.85 Å². The molecule has 0 saturated heterocycles. The van der Waals surface area contributed by atoms with Gasteiger partial charge in [-0.2, -0.15) is 0 Å². The van der Waals surface area contributed by atoms with Gasteiger partial charge in [-0.15, -0.1) is 0 Å². The fraction of sp³-hybridized carbons (Fsp3) is 0.452. The Morgan fingerprint density at radius 3 is 1.55 bits per heavy atom. The van der Waals surface area contributed by atoms with Crippen LogP contribution >= 0.6 is 0 Å². The van der Waals surface area contributed by atoms with E-state index in [2.05, 4.69) is 55.9 Å². The zero-order valence-corrected chi connectivity index (χ0v) is 28.6. The third-order valence-corrected chi connectivity index (χ3v) is 5.04. The molecule has 1 N–H and O–H groups in total. The average Bonchev–Trinajstić information content (AvgIpc) is 3.02. The van der Waals surface area contributed by atoms with Crippen LogP contribution in [0.1, 0.15) is 36.1 Å². The minimum absolute atomic E-state index is 0.00304. The first-order valence-electron chi connectivity index (χ1n) is 14.2. The zero-order chi connectivity index (χ0) is 36.6. The lowest BCUT2D eigenvalue weighted by molar-refractivity contribution is -0.120. The maximum Gasteiger partial charge on any atom is 0.298 e. The standard InChI is InChI=1S/C11H12BNO4.C11H11BO5.C6H16N2.C2H6.CHBO/c1-16-5-8-2-3-10(13-7-14)9(4-8)6-17-11(12)15;1-15-5-8-2-3-10(17-7-13)9(4-8)6-16-11(12)14;1-7(2)5-6-8(3)4;1-2;2-1-3/h2-4,7H,5-6H2,1H3,(H,13,14);2-4,7H,5-6H2,1H3;5-6H2,1-4H3;1-2H3;1H. The normalized spacial score (nSPS) is 9.32. The van der Waals surface area contributed by atoms with Gasteiger partial charge in [-0.05, 0) is 63.6 Å². The van der Waals surface area contributed by atoms with Crippen molar-refractivity contribution in [2.75, 3.05) is 60.8 Å². The summed E-state index contributed by atoms with van der Waals surface area (Å²) < 4.78 is 24.0. The molecule has 16 heteroatoms. The molecule has 0 fully saturated rings. The summed E-state index contributed by atoms with van der Waals surface area (Å²) in [7, 11) is 25.4. The molecular formula is C31H46B3N3O10. The summed E-state index contributed by atoms with van der Waals surface area (Å²) in [6.07, 6.45) is 0.805. The van der Waals surface area contributed by atoms with E-state index in [4.69, 9.17) is 39.4 Å². The number of nitrogens with zero attached hydrogens (tertiary/aromatic N) is 2. The van der Waals surface area contributed by atoms with Crippen LogP contribution in [-0.2, 0) is 59.8 Å². The number of carbonyl (C=O) groups excluding carboxylic acids is 5. The van der Waals surface area contributed by atoms with Crippen molar-refractivity contribution in [3.05, 3.63) is 58.7 Å². The van der Waals surface area contributed by atoms with Crippen molar-refractivity contribution in [2.45, 2.75) is 40.3 Å². The Morgan fingerprint density at radius 2 is 1.17 bits per heavy atom. The molecule has 0 atom stereocenters. The fourth-order valence-electron chi connectivity index (χ4n) is 3.09. The van der Waals surface area contributed by atoms with Crippen LogP contribution in [0, 0.1) is 0 Å². The molecule has 254 valence electrons. The molecule has 2 rings (SSSR count). The van der Waals surface area contributed by atoms with Gasteiger partial charge in [0.25, 0.3) is 6.47 Å². The quantitative estimate of drug-likeness (QED) is 0.223. The number of rotatable bonds is 15. The number of benzene rings is 2. The fourth-order valence-corrected chi connectivity index (χ4v) is 3.09. The Kier molecular flexibility index (Phi) is 32.3. The number of likely N-dealkylation sites (N-methyl/N-ethyl adjacent to an activating group) is 2. The summed E-state index contributed by atoms with van der Waals surface area (Å²) in [6.45, 7) is 7.38. The third-order valence-electron chi connectivity index (χ3n) is 5.04. The number of methoxy groups -OCH3 is 2. The first kappa shape index (κ1) is 47.4. The van der Waals surface area contributed by atoms with Crippen LogP contribution < -0.4 is 10.1 Å². The van der Waals surface area contributed by atoms with Crippen LogP contribution in [0.5, 0.6) is 5.75 Å². The second kappa shape index (κ2) is 32.0. The molecule has 0 aliphatic rings. The zero-order valence-electron chi connectivity index (χ0n) is 28.6. The van der Waals surface area contributed by atoms with Gasteiger partial charge in [0.2, 0.25) is 33.8 Å². The predicted octanol–water partition coefficient (Wildman–Crippen LogP) is 2.86. The van der Waals surface area contributed by atoms with Gasteiger partial charge < -0.3 is 43.6 Å². The Morgan fingerprint density at radius 1 is 0.745 bits per heavy atom. The lowest BCUT2D eigenvalue weighted by Crippen LogP contribution is -2.25. The maximum atomic E-state index is 10.5.